The molecular formula is C14H17NO3. The average molecular weight is 247 g/mol. The second kappa shape index (κ2) is 6.59. The maximum atomic E-state index is 11.6. The van der Waals surface area contributed by atoms with Crippen molar-refractivity contribution in [2.75, 3.05) is 5.32 Å². The van der Waals surface area contributed by atoms with E-state index in [1.54, 1.807) is 31.2 Å². The van der Waals surface area contributed by atoms with Gasteiger partial charge in [-0.25, -0.2) is 4.79 Å². The molecule has 0 saturated heterocycles. The van der Waals surface area contributed by atoms with Crippen molar-refractivity contribution in [3.63, 3.8) is 0 Å². The Morgan fingerprint density at radius 2 is 1.83 bits per heavy atom. The van der Waals surface area contributed by atoms with E-state index in [2.05, 4.69) is 5.32 Å². The molecule has 0 saturated carbocycles. The van der Waals surface area contributed by atoms with Crippen molar-refractivity contribution in [1.29, 1.82) is 0 Å². The third kappa shape index (κ3) is 4.41. The van der Waals surface area contributed by atoms with Crippen molar-refractivity contribution in [3.05, 3.63) is 35.9 Å². The topological polar surface area (TPSA) is 55.4 Å². The lowest BCUT2D eigenvalue weighted by Crippen LogP contribution is -2.09. The summed E-state index contributed by atoms with van der Waals surface area (Å²) in [6, 6.07) is 6.65. The van der Waals surface area contributed by atoms with Crippen molar-refractivity contribution in [2.24, 2.45) is 0 Å². The molecule has 0 aliphatic carbocycles. The second-order valence-electron chi connectivity index (χ2n) is 3.89. The Balaban J connectivity index is 2.66. The number of hydrogen-bond acceptors (Lipinski definition) is 3. The number of ether oxygens (including phenoxy) is 1. The van der Waals surface area contributed by atoms with Crippen LogP contribution < -0.4 is 10.1 Å². The van der Waals surface area contributed by atoms with Crippen molar-refractivity contribution in [3.8, 4) is 5.75 Å². The standard InChI is InChI=1S/C14H17NO3/c1-4-5-10(2)14(17)18-13-8-6-12(7-9-13)15-11(3)16/h5-9H,4H2,1-3H3,(H,15,16). The molecule has 1 rings (SSSR count). The van der Waals surface area contributed by atoms with Crippen molar-refractivity contribution in [2.45, 2.75) is 27.2 Å². The smallest absolute Gasteiger partial charge is 0.338 e. The molecule has 1 amide bonds. The van der Waals surface area contributed by atoms with Crippen LogP contribution in [0, 0.1) is 0 Å². The highest BCUT2D eigenvalue weighted by atomic mass is 16.5. The number of amides is 1. The molecule has 1 N–H and O–H groups in total. The molecule has 0 radical (unpaired) electrons. The summed E-state index contributed by atoms with van der Waals surface area (Å²) < 4.78 is 5.17. The van der Waals surface area contributed by atoms with Gasteiger partial charge in [0.15, 0.2) is 0 Å². The molecule has 0 spiro atoms. The minimum absolute atomic E-state index is 0.138. The number of benzene rings is 1. The molecular weight excluding hydrogens is 230 g/mol. The van der Waals surface area contributed by atoms with Gasteiger partial charge in [-0.15, -0.1) is 0 Å². The lowest BCUT2D eigenvalue weighted by molar-refractivity contribution is -0.130. The molecule has 0 aliphatic rings. The van der Waals surface area contributed by atoms with Gasteiger partial charge in [0.1, 0.15) is 5.75 Å². The van der Waals surface area contributed by atoms with Crippen LogP contribution in [0.3, 0.4) is 0 Å². The Morgan fingerprint density at radius 3 is 2.33 bits per heavy atom. The maximum absolute atomic E-state index is 11.6. The van der Waals surface area contributed by atoms with E-state index in [9.17, 15) is 9.59 Å². The van der Waals surface area contributed by atoms with Crippen LogP contribution in [-0.4, -0.2) is 11.9 Å². The molecule has 18 heavy (non-hydrogen) atoms. The Morgan fingerprint density at radius 1 is 1.22 bits per heavy atom. The Bertz CT molecular complexity index is 460. The van der Waals surface area contributed by atoms with Gasteiger partial charge in [-0.05, 0) is 37.6 Å². The van der Waals surface area contributed by atoms with Gasteiger partial charge >= 0.3 is 5.97 Å². The Labute approximate surface area is 107 Å². The summed E-state index contributed by atoms with van der Waals surface area (Å²) in [4.78, 5) is 22.4. The van der Waals surface area contributed by atoms with Crippen LogP contribution in [0.25, 0.3) is 0 Å². The molecule has 0 aliphatic heterocycles. The fourth-order valence-electron chi connectivity index (χ4n) is 1.39. The zero-order valence-corrected chi connectivity index (χ0v) is 10.8. The predicted molar refractivity (Wildman–Crippen MR) is 70.4 cm³/mol. The van der Waals surface area contributed by atoms with Gasteiger partial charge in [0.05, 0.1) is 0 Å². The van der Waals surface area contributed by atoms with Gasteiger partial charge < -0.3 is 10.1 Å². The van der Waals surface area contributed by atoms with E-state index in [0.29, 0.717) is 17.0 Å². The van der Waals surface area contributed by atoms with E-state index >= 15 is 0 Å². The molecule has 0 bridgehead atoms. The molecule has 0 aromatic heterocycles. The van der Waals surface area contributed by atoms with Crippen LogP contribution in [0.4, 0.5) is 5.69 Å². The van der Waals surface area contributed by atoms with Gasteiger partial charge in [-0.3, -0.25) is 4.79 Å². The van der Waals surface area contributed by atoms with Gasteiger partial charge in [0, 0.05) is 18.2 Å². The zero-order valence-electron chi connectivity index (χ0n) is 10.8. The Hall–Kier alpha value is -2.10. The Kier molecular flexibility index (Phi) is 5.11. The summed E-state index contributed by atoms with van der Waals surface area (Å²) in [7, 11) is 0. The number of hydrogen-bond donors (Lipinski definition) is 1. The van der Waals surface area contributed by atoms with Gasteiger partial charge in [0.25, 0.3) is 0 Å². The number of nitrogens with one attached hydrogen (secondary N) is 1. The molecule has 0 atom stereocenters. The van der Waals surface area contributed by atoms with Gasteiger partial charge in [0.2, 0.25) is 5.91 Å². The molecule has 0 heterocycles. The van der Waals surface area contributed by atoms with Crippen LogP contribution in [0.15, 0.2) is 35.9 Å². The SMILES string of the molecule is CCC=C(C)C(=O)Oc1ccc(NC(C)=O)cc1. The van der Waals surface area contributed by atoms with E-state index in [0.717, 1.165) is 6.42 Å². The number of rotatable bonds is 4. The molecule has 1 aromatic carbocycles. The highest BCUT2D eigenvalue weighted by molar-refractivity contribution is 5.90. The highest BCUT2D eigenvalue weighted by Crippen LogP contribution is 2.16. The van der Waals surface area contributed by atoms with E-state index in [-0.39, 0.29) is 11.9 Å². The first kappa shape index (κ1) is 14.0. The predicted octanol–water partition coefficient (Wildman–Crippen LogP) is 2.91. The summed E-state index contributed by atoms with van der Waals surface area (Å²) in [6.45, 7) is 5.11. The third-order valence-electron chi connectivity index (χ3n) is 2.22. The van der Waals surface area contributed by atoms with Crippen LogP contribution >= 0.6 is 0 Å². The fraction of sp³-hybridized carbons (Fsp3) is 0.286. The number of carbonyl (C=O) groups is 2. The molecule has 96 valence electrons. The van der Waals surface area contributed by atoms with Crippen molar-refractivity contribution < 1.29 is 14.3 Å². The van der Waals surface area contributed by atoms with Gasteiger partial charge in [-0.1, -0.05) is 13.0 Å². The minimum atomic E-state index is -0.357. The maximum Gasteiger partial charge on any atom is 0.338 e. The lowest BCUT2D eigenvalue weighted by atomic mass is 10.2. The normalized spacial score (nSPS) is 10.9. The van der Waals surface area contributed by atoms with Crippen molar-refractivity contribution >= 4 is 17.6 Å². The van der Waals surface area contributed by atoms with E-state index in [1.807, 2.05) is 13.0 Å². The number of esters is 1. The van der Waals surface area contributed by atoms with E-state index < -0.39 is 0 Å². The molecule has 4 nitrogen and oxygen atoms in total. The van der Waals surface area contributed by atoms with Crippen molar-refractivity contribution in [1.82, 2.24) is 0 Å². The number of allylic oxidation sites excluding steroid dienone is 1. The van der Waals surface area contributed by atoms with Crippen LogP contribution in [-0.2, 0) is 9.59 Å². The van der Waals surface area contributed by atoms with E-state index in [4.69, 9.17) is 4.74 Å². The molecule has 0 unspecified atom stereocenters. The van der Waals surface area contributed by atoms with Crippen LogP contribution in [0.5, 0.6) is 5.75 Å². The summed E-state index contributed by atoms with van der Waals surface area (Å²) in [5.74, 6) is -0.0384. The summed E-state index contributed by atoms with van der Waals surface area (Å²) in [5.41, 5.74) is 1.26. The second-order valence-corrected chi connectivity index (χ2v) is 3.89. The monoisotopic (exact) mass is 247 g/mol. The first-order valence-electron chi connectivity index (χ1n) is 5.79. The molecule has 4 heteroatoms. The number of carbonyl (C=O) groups excluding carboxylic acids is 2. The first-order valence-corrected chi connectivity index (χ1v) is 5.79. The number of anilines is 1. The molecule has 1 aromatic rings. The van der Waals surface area contributed by atoms with E-state index in [1.165, 1.54) is 6.92 Å². The average Bonchev–Trinajstić information content (AvgIpc) is 2.31. The quantitative estimate of drug-likeness (QED) is 0.505. The van der Waals surface area contributed by atoms with Crippen LogP contribution in [0.1, 0.15) is 27.2 Å². The zero-order chi connectivity index (χ0) is 13.5. The van der Waals surface area contributed by atoms with Crippen LogP contribution in [0.2, 0.25) is 0 Å². The summed E-state index contributed by atoms with van der Waals surface area (Å²) in [6.07, 6.45) is 2.61. The highest BCUT2D eigenvalue weighted by Gasteiger charge is 2.06. The molecule has 0 fully saturated rings. The largest absolute Gasteiger partial charge is 0.423 e. The van der Waals surface area contributed by atoms with Gasteiger partial charge in [-0.2, -0.15) is 0 Å². The first-order chi connectivity index (χ1) is 8.52. The fourth-order valence-corrected chi connectivity index (χ4v) is 1.39. The third-order valence-corrected chi connectivity index (χ3v) is 2.22. The summed E-state index contributed by atoms with van der Waals surface area (Å²) >= 11 is 0. The minimum Gasteiger partial charge on any atom is -0.423 e. The lowest BCUT2D eigenvalue weighted by Gasteiger charge is -2.06. The summed E-state index contributed by atoms with van der Waals surface area (Å²) in [5, 5.41) is 2.64.